The van der Waals surface area contributed by atoms with Crippen molar-refractivity contribution in [2.24, 2.45) is 5.92 Å². The lowest BCUT2D eigenvalue weighted by Crippen LogP contribution is -2.29. The number of hydrogen-bond acceptors (Lipinski definition) is 2. The van der Waals surface area contributed by atoms with E-state index in [0.717, 1.165) is 5.92 Å². The van der Waals surface area contributed by atoms with Gasteiger partial charge in [-0.15, -0.1) is 0 Å². The molecule has 0 saturated carbocycles. The van der Waals surface area contributed by atoms with Crippen molar-refractivity contribution in [3.8, 4) is 0 Å². The lowest BCUT2D eigenvalue weighted by atomic mass is 10.0. The molecule has 1 fully saturated rings. The highest BCUT2D eigenvalue weighted by atomic mass is 32.2. The van der Waals surface area contributed by atoms with Crippen LogP contribution in [0.4, 0.5) is 0 Å². The molecular formula is C10H21NS. The molecule has 1 heterocycles. The lowest BCUT2D eigenvalue weighted by Gasteiger charge is -2.26. The SMILES string of the molecule is CC(C)(C)SCC1CCNCC1. The van der Waals surface area contributed by atoms with Gasteiger partial charge in [0.2, 0.25) is 0 Å². The van der Waals surface area contributed by atoms with Crippen molar-refractivity contribution >= 4 is 11.8 Å². The summed E-state index contributed by atoms with van der Waals surface area (Å²) < 4.78 is 0.449. The maximum atomic E-state index is 3.40. The topological polar surface area (TPSA) is 12.0 Å². The first-order chi connectivity index (χ1) is 5.58. The molecule has 1 nitrogen and oxygen atoms in total. The Balaban J connectivity index is 2.13. The highest BCUT2D eigenvalue weighted by Crippen LogP contribution is 2.28. The van der Waals surface area contributed by atoms with Crippen LogP contribution in [0.25, 0.3) is 0 Å². The second-order valence-electron chi connectivity index (χ2n) is 4.62. The second-order valence-corrected chi connectivity index (χ2v) is 6.46. The summed E-state index contributed by atoms with van der Waals surface area (Å²) >= 11 is 2.11. The van der Waals surface area contributed by atoms with Crippen molar-refractivity contribution in [3.63, 3.8) is 0 Å². The summed E-state index contributed by atoms with van der Waals surface area (Å²) in [4.78, 5) is 0. The van der Waals surface area contributed by atoms with Gasteiger partial charge < -0.3 is 5.32 Å². The Morgan fingerprint density at radius 3 is 2.33 bits per heavy atom. The largest absolute Gasteiger partial charge is 0.317 e. The van der Waals surface area contributed by atoms with Gasteiger partial charge in [-0.25, -0.2) is 0 Å². The molecule has 0 aromatic rings. The molecule has 0 spiro atoms. The fourth-order valence-corrected chi connectivity index (χ4v) is 2.49. The maximum absolute atomic E-state index is 3.40. The van der Waals surface area contributed by atoms with Gasteiger partial charge in [0.1, 0.15) is 0 Å². The molecule has 72 valence electrons. The van der Waals surface area contributed by atoms with Crippen LogP contribution in [0.3, 0.4) is 0 Å². The molecule has 12 heavy (non-hydrogen) atoms. The first kappa shape index (κ1) is 10.4. The quantitative estimate of drug-likeness (QED) is 0.713. The van der Waals surface area contributed by atoms with Gasteiger partial charge in [-0.3, -0.25) is 0 Å². The van der Waals surface area contributed by atoms with Gasteiger partial charge in [-0.1, -0.05) is 20.8 Å². The van der Waals surface area contributed by atoms with Gasteiger partial charge in [0, 0.05) is 4.75 Å². The monoisotopic (exact) mass is 187 g/mol. The van der Waals surface area contributed by atoms with Crippen molar-refractivity contribution in [2.45, 2.75) is 38.4 Å². The molecule has 1 rings (SSSR count). The summed E-state index contributed by atoms with van der Waals surface area (Å²) in [6.07, 6.45) is 2.76. The van der Waals surface area contributed by atoms with Crippen LogP contribution in [0.1, 0.15) is 33.6 Å². The Morgan fingerprint density at radius 1 is 1.25 bits per heavy atom. The van der Waals surface area contributed by atoms with Crippen LogP contribution in [0.15, 0.2) is 0 Å². The Labute approximate surface area is 80.7 Å². The zero-order chi connectivity index (χ0) is 9.03. The third kappa shape index (κ3) is 4.36. The smallest absolute Gasteiger partial charge is 0.00751 e. The van der Waals surface area contributed by atoms with E-state index in [0.29, 0.717) is 4.75 Å². The van der Waals surface area contributed by atoms with Crippen LogP contribution < -0.4 is 5.32 Å². The summed E-state index contributed by atoms with van der Waals surface area (Å²) in [6.45, 7) is 9.38. The molecule has 0 unspecified atom stereocenters. The average Bonchev–Trinajstić information content (AvgIpc) is 2.02. The Morgan fingerprint density at radius 2 is 1.83 bits per heavy atom. The Bertz CT molecular complexity index is 122. The maximum Gasteiger partial charge on any atom is 0.00751 e. The molecule has 1 aliphatic rings. The van der Waals surface area contributed by atoms with Gasteiger partial charge in [0.05, 0.1) is 0 Å². The van der Waals surface area contributed by atoms with Crippen molar-refractivity contribution in [3.05, 3.63) is 0 Å². The molecule has 1 N–H and O–H groups in total. The third-order valence-corrected chi connectivity index (χ3v) is 3.71. The normalized spacial score (nSPS) is 21.2. The van der Waals surface area contributed by atoms with Crippen LogP contribution in [0, 0.1) is 5.92 Å². The minimum absolute atomic E-state index is 0.449. The zero-order valence-electron chi connectivity index (χ0n) is 8.52. The number of hydrogen-bond donors (Lipinski definition) is 1. The molecule has 1 saturated heterocycles. The van der Waals surface area contributed by atoms with E-state index < -0.39 is 0 Å². The van der Waals surface area contributed by atoms with Gasteiger partial charge in [0.15, 0.2) is 0 Å². The number of piperidine rings is 1. The molecule has 0 atom stereocenters. The van der Waals surface area contributed by atoms with E-state index >= 15 is 0 Å². The summed E-state index contributed by atoms with van der Waals surface area (Å²) in [5.41, 5.74) is 0. The predicted molar refractivity (Wildman–Crippen MR) is 57.8 cm³/mol. The van der Waals surface area contributed by atoms with E-state index in [1.54, 1.807) is 0 Å². The average molecular weight is 187 g/mol. The first-order valence-electron chi connectivity index (χ1n) is 4.92. The third-order valence-electron chi connectivity index (χ3n) is 2.21. The van der Waals surface area contributed by atoms with E-state index in [1.165, 1.54) is 31.7 Å². The number of thioether (sulfide) groups is 1. The molecule has 0 aliphatic carbocycles. The Hall–Kier alpha value is 0.310. The second kappa shape index (κ2) is 4.52. The van der Waals surface area contributed by atoms with E-state index in [9.17, 15) is 0 Å². The lowest BCUT2D eigenvalue weighted by molar-refractivity contribution is 0.407. The highest BCUT2D eigenvalue weighted by Gasteiger charge is 2.17. The van der Waals surface area contributed by atoms with Gasteiger partial charge in [-0.2, -0.15) is 11.8 Å². The molecular weight excluding hydrogens is 166 g/mol. The molecule has 0 aromatic carbocycles. The molecule has 2 heteroatoms. The van der Waals surface area contributed by atoms with E-state index in [4.69, 9.17) is 0 Å². The van der Waals surface area contributed by atoms with Crippen LogP contribution in [-0.4, -0.2) is 23.6 Å². The summed E-state index contributed by atoms with van der Waals surface area (Å²) in [5.74, 6) is 2.32. The van der Waals surface area contributed by atoms with E-state index in [-0.39, 0.29) is 0 Å². The fraction of sp³-hybridized carbons (Fsp3) is 1.00. The van der Waals surface area contributed by atoms with E-state index in [2.05, 4.69) is 37.8 Å². The van der Waals surface area contributed by atoms with Gasteiger partial charge in [0.25, 0.3) is 0 Å². The van der Waals surface area contributed by atoms with Crippen molar-refractivity contribution in [1.29, 1.82) is 0 Å². The van der Waals surface area contributed by atoms with Crippen LogP contribution in [0.2, 0.25) is 0 Å². The van der Waals surface area contributed by atoms with Gasteiger partial charge in [-0.05, 0) is 37.6 Å². The summed E-state index contributed by atoms with van der Waals surface area (Å²) in [6, 6.07) is 0. The molecule has 0 radical (unpaired) electrons. The number of rotatable bonds is 2. The predicted octanol–water partition coefficient (Wildman–Crippen LogP) is 2.52. The standard InChI is InChI=1S/C10H21NS/c1-10(2,3)12-8-9-4-6-11-7-5-9/h9,11H,4-8H2,1-3H3. The van der Waals surface area contributed by atoms with Crippen molar-refractivity contribution in [2.75, 3.05) is 18.8 Å². The van der Waals surface area contributed by atoms with Crippen LogP contribution in [-0.2, 0) is 0 Å². The van der Waals surface area contributed by atoms with Crippen LogP contribution >= 0.6 is 11.8 Å². The van der Waals surface area contributed by atoms with E-state index in [1.807, 2.05) is 0 Å². The fourth-order valence-electron chi connectivity index (χ4n) is 1.42. The minimum Gasteiger partial charge on any atom is -0.317 e. The van der Waals surface area contributed by atoms with Crippen molar-refractivity contribution in [1.82, 2.24) is 5.32 Å². The molecule has 0 amide bonds. The zero-order valence-corrected chi connectivity index (χ0v) is 9.34. The molecule has 1 aliphatic heterocycles. The van der Waals surface area contributed by atoms with Crippen LogP contribution in [0.5, 0.6) is 0 Å². The summed E-state index contributed by atoms with van der Waals surface area (Å²) in [7, 11) is 0. The number of nitrogens with one attached hydrogen (secondary N) is 1. The molecule has 0 aromatic heterocycles. The van der Waals surface area contributed by atoms with Crippen molar-refractivity contribution < 1.29 is 0 Å². The summed E-state index contributed by atoms with van der Waals surface area (Å²) in [5, 5.41) is 3.40. The first-order valence-corrected chi connectivity index (χ1v) is 5.91. The highest BCUT2D eigenvalue weighted by molar-refractivity contribution is 8.00. The minimum atomic E-state index is 0.449. The van der Waals surface area contributed by atoms with Gasteiger partial charge >= 0.3 is 0 Å². The Kier molecular flexibility index (Phi) is 3.91. The molecule has 0 bridgehead atoms.